The van der Waals surface area contributed by atoms with Crippen molar-refractivity contribution in [2.75, 3.05) is 25.6 Å². The fourth-order valence-corrected chi connectivity index (χ4v) is 2.20. The van der Waals surface area contributed by atoms with E-state index in [4.69, 9.17) is 9.47 Å². The number of carbonyl (C=O) groups is 1. The molecule has 0 unspecified atom stereocenters. The Labute approximate surface area is 118 Å². The van der Waals surface area contributed by atoms with Crippen LogP contribution in [0, 0.1) is 0 Å². The van der Waals surface area contributed by atoms with Gasteiger partial charge in [-0.1, -0.05) is 0 Å². The highest BCUT2D eigenvalue weighted by molar-refractivity contribution is 5.89. The van der Waals surface area contributed by atoms with Gasteiger partial charge in [0.15, 0.2) is 0 Å². The summed E-state index contributed by atoms with van der Waals surface area (Å²) in [6, 6.07) is -0.236. The number of anilines is 1. The van der Waals surface area contributed by atoms with Crippen molar-refractivity contribution in [3.8, 4) is 0 Å². The van der Waals surface area contributed by atoms with Crippen molar-refractivity contribution < 1.29 is 14.3 Å². The lowest BCUT2D eigenvalue weighted by Crippen LogP contribution is -2.42. The lowest BCUT2D eigenvalue weighted by Gasteiger charge is -2.19. The number of urea groups is 1. The minimum atomic E-state index is -0.237. The van der Waals surface area contributed by atoms with Crippen LogP contribution in [0.25, 0.3) is 0 Å². The van der Waals surface area contributed by atoms with Crippen molar-refractivity contribution in [3.63, 3.8) is 0 Å². The van der Waals surface area contributed by atoms with Gasteiger partial charge >= 0.3 is 6.03 Å². The molecule has 7 heteroatoms. The molecule has 0 bridgehead atoms. The molecule has 1 aromatic heterocycles. The number of methoxy groups -OCH3 is 1. The molecular formula is C13H22N4O3. The summed E-state index contributed by atoms with van der Waals surface area (Å²) in [4.78, 5) is 11.9. The Balaban J connectivity index is 1.77. The van der Waals surface area contributed by atoms with Crippen LogP contribution >= 0.6 is 0 Å². The summed E-state index contributed by atoms with van der Waals surface area (Å²) in [7, 11) is 1.64. The third-order valence-corrected chi connectivity index (χ3v) is 3.30. The first-order valence-electron chi connectivity index (χ1n) is 6.89. The van der Waals surface area contributed by atoms with Crippen LogP contribution in [0.2, 0.25) is 0 Å². The van der Waals surface area contributed by atoms with Gasteiger partial charge in [-0.25, -0.2) is 4.79 Å². The number of rotatable bonds is 6. The molecule has 2 amide bonds. The summed E-state index contributed by atoms with van der Waals surface area (Å²) in [6.45, 7) is 3.98. The number of hydrogen-bond acceptors (Lipinski definition) is 4. The number of amides is 2. The minimum absolute atomic E-state index is 0.000960. The topological polar surface area (TPSA) is 77.4 Å². The van der Waals surface area contributed by atoms with E-state index in [1.54, 1.807) is 24.2 Å². The second kappa shape index (κ2) is 7.25. The number of nitrogens with zero attached hydrogens (tertiary/aromatic N) is 2. The number of hydrogen-bond donors (Lipinski definition) is 2. The molecule has 2 heterocycles. The van der Waals surface area contributed by atoms with Gasteiger partial charge in [0, 0.05) is 19.9 Å². The Morgan fingerprint density at radius 1 is 1.70 bits per heavy atom. The minimum Gasteiger partial charge on any atom is -0.383 e. The fourth-order valence-electron chi connectivity index (χ4n) is 2.20. The molecule has 112 valence electrons. The van der Waals surface area contributed by atoms with Gasteiger partial charge in [-0.3, -0.25) is 4.68 Å². The van der Waals surface area contributed by atoms with Gasteiger partial charge in [0.1, 0.15) is 0 Å². The van der Waals surface area contributed by atoms with E-state index in [-0.39, 0.29) is 18.2 Å². The van der Waals surface area contributed by atoms with Crippen LogP contribution in [0.5, 0.6) is 0 Å². The molecular weight excluding hydrogens is 260 g/mol. The molecule has 2 N–H and O–H groups in total. The van der Waals surface area contributed by atoms with E-state index in [0.717, 1.165) is 19.4 Å². The van der Waals surface area contributed by atoms with Crippen molar-refractivity contribution in [1.82, 2.24) is 15.1 Å². The molecule has 0 aromatic carbocycles. The molecule has 2 rings (SSSR count). The highest BCUT2D eigenvalue weighted by Gasteiger charge is 2.23. The van der Waals surface area contributed by atoms with E-state index >= 15 is 0 Å². The second-order valence-electron chi connectivity index (χ2n) is 4.92. The maximum absolute atomic E-state index is 11.9. The van der Waals surface area contributed by atoms with Gasteiger partial charge in [-0.2, -0.15) is 5.10 Å². The fraction of sp³-hybridized carbons (Fsp3) is 0.692. The van der Waals surface area contributed by atoms with Crippen molar-refractivity contribution in [1.29, 1.82) is 0 Å². The zero-order valence-electron chi connectivity index (χ0n) is 12.0. The molecule has 1 aliphatic rings. The van der Waals surface area contributed by atoms with Gasteiger partial charge in [0.25, 0.3) is 0 Å². The van der Waals surface area contributed by atoms with Crippen LogP contribution in [0.3, 0.4) is 0 Å². The van der Waals surface area contributed by atoms with E-state index in [0.29, 0.717) is 18.8 Å². The molecule has 1 fully saturated rings. The average Bonchev–Trinajstić information content (AvgIpc) is 3.07. The SMILES string of the molecule is COCCn1cc(NC(=O)N[C@H](C)[C@H]2CCCO2)cn1. The van der Waals surface area contributed by atoms with E-state index in [9.17, 15) is 4.79 Å². The molecule has 7 nitrogen and oxygen atoms in total. The summed E-state index contributed by atoms with van der Waals surface area (Å²) in [5.41, 5.74) is 0.665. The van der Waals surface area contributed by atoms with E-state index in [2.05, 4.69) is 15.7 Å². The predicted octanol–water partition coefficient (Wildman–Crippen LogP) is 1.22. The molecule has 0 spiro atoms. The largest absolute Gasteiger partial charge is 0.383 e. The summed E-state index contributed by atoms with van der Waals surface area (Å²) >= 11 is 0. The molecule has 2 atom stereocenters. The Bertz CT molecular complexity index is 429. The molecule has 20 heavy (non-hydrogen) atoms. The van der Waals surface area contributed by atoms with Gasteiger partial charge in [-0.15, -0.1) is 0 Å². The summed E-state index contributed by atoms with van der Waals surface area (Å²) in [5, 5.41) is 9.78. The van der Waals surface area contributed by atoms with Crippen molar-refractivity contribution in [3.05, 3.63) is 12.4 Å². The molecule has 1 aliphatic heterocycles. The summed E-state index contributed by atoms with van der Waals surface area (Å²) < 4.78 is 12.2. The smallest absolute Gasteiger partial charge is 0.319 e. The molecule has 0 saturated carbocycles. The highest BCUT2D eigenvalue weighted by atomic mass is 16.5. The molecule has 0 aliphatic carbocycles. The van der Waals surface area contributed by atoms with E-state index < -0.39 is 0 Å². The first-order valence-corrected chi connectivity index (χ1v) is 6.89. The normalized spacial score (nSPS) is 19.8. The van der Waals surface area contributed by atoms with E-state index in [1.165, 1.54) is 0 Å². The summed E-state index contributed by atoms with van der Waals surface area (Å²) in [5.74, 6) is 0. The maximum atomic E-state index is 11.9. The number of ether oxygens (including phenoxy) is 2. The molecule has 0 radical (unpaired) electrons. The van der Waals surface area contributed by atoms with Crippen molar-refractivity contribution >= 4 is 11.7 Å². The first-order chi connectivity index (χ1) is 9.69. The third-order valence-electron chi connectivity index (χ3n) is 3.30. The molecule has 1 aromatic rings. The summed E-state index contributed by atoms with van der Waals surface area (Å²) in [6.07, 6.45) is 5.56. The predicted molar refractivity (Wildman–Crippen MR) is 74.7 cm³/mol. The van der Waals surface area contributed by atoms with Gasteiger partial charge in [-0.05, 0) is 19.8 Å². The average molecular weight is 282 g/mol. The molecule has 1 saturated heterocycles. The Morgan fingerprint density at radius 3 is 3.25 bits per heavy atom. The quantitative estimate of drug-likeness (QED) is 0.822. The number of aromatic nitrogens is 2. The monoisotopic (exact) mass is 282 g/mol. The van der Waals surface area contributed by atoms with Gasteiger partial charge in [0.2, 0.25) is 0 Å². The van der Waals surface area contributed by atoms with Crippen molar-refractivity contribution in [2.24, 2.45) is 0 Å². The lowest BCUT2D eigenvalue weighted by atomic mass is 10.1. The van der Waals surface area contributed by atoms with Gasteiger partial charge < -0.3 is 20.1 Å². The van der Waals surface area contributed by atoms with E-state index in [1.807, 2.05) is 6.92 Å². The van der Waals surface area contributed by atoms with Crippen LogP contribution in [-0.2, 0) is 16.0 Å². The zero-order valence-corrected chi connectivity index (χ0v) is 12.0. The van der Waals surface area contributed by atoms with Crippen LogP contribution in [0.1, 0.15) is 19.8 Å². The van der Waals surface area contributed by atoms with Crippen LogP contribution in [0.15, 0.2) is 12.4 Å². The zero-order chi connectivity index (χ0) is 14.4. The van der Waals surface area contributed by atoms with Crippen LogP contribution < -0.4 is 10.6 Å². The third kappa shape index (κ3) is 4.21. The first kappa shape index (κ1) is 14.8. The number of nitrogens with one attached hydrogen (secondary N) is 2. The maximum Gasteiger partial charge on any atom is 0.319 e. The lowest BCUT2D eigenvalue weighted by molar-refractivity contribution is 0.0868. The second-order valence-corrected chi connectivity index (χ2v) is 4.92. The van der Waals surface area contributed by atoms with Crippen LogP contribution in [0.4, 0.5) is 10.5 Å². The standard InChI is InChI=1S/C13H22N4O3/c1-10(12-4-3-6-20-12)15-13(18)16-11-8-14-17(9-11)5-7-19-2/h8-10,12H,3-7H2,1-2H3,(H2,15,16,18)/t10-,12-/m1/s1. The van der Waals surface area contributed by atoms with Crippen LogP contribution in [-0.4, -0.2) is 48.3 Å². The Morgan fingerprint density at radius 2 is 2.55 bits per heavy atom. The Kier molecular flexibility index (Phi) is 5.37. The highest BCUT2D eigenvalue weighted by Crippen LogP contribution is 2.15. The number of carbonyl (C=O) groups excluding carboxylic acids is 1. The Hall–Kier alpha value is -1.60. The van der Waals surface area contributed by atoms with Crippen molar-refractivity contribution in [2.45, 2.75) is 38.5 Å². The van der Waals surface area contributed by atoms with Gasteiger partial charge in [0.05, 0.1) is 37.2 Å².